The Labute approximate surface area is 166 Å². The molecule has 0 radical (unpaired) electrons. The van der Waals surface area contributed by atoms with Crippen LogP contribution in [0, 0.1) is 0 Å². The molecule has 0 spiro atoms. The van der Waals surface area contributed by atoms with Gasteiger partial charge in [-0.2, -0.15) is 11.3 Å². The van der Waals surface area contributed by atoms with Crippen LogP contribution in [0.4, 0.5) is 0 Å². The van der Waals surface area contributed by atoms with Gasteiger partial charge in [-0.1, -0.05) is 23.2 Å². The van der Waals surface area contributed by atoms with Gasteiger partial charge in [0.05, 0.1) is 0 Å². The molecule has 26 heavy (non-hydrogen) atoms. The lowest BCUT2D eigenvalue weighted by molar-refractivity contribution is 0.0638. The number of hydrogen-bond donors (Lipinski definition) is 1. The van der Waals surface area contributed by atoms with Gasteiger partial charge in [0.25, 0.3) is 11.8 Å². The Morgan fingerprint density at radius 3 is 2.35 bits per heavy atom. The summed E-state index contributed by atoms with van der Waals surface area (Å²) < 4.78 is 0. The lowest BCUT2D eigenvalue weighted by Crippen LogP contribution is -2.50. The highest BCUT2D eigenvalue weighted by atomic mass is 35.5. The molecule has 8 heteroatoms. The first-order valence-electron chi connectivity index (χ1n) is 8.31. The molecule has 0 aliphatic carbocycles. The SMILES string of the molecule is O=C(NCCN1CCN(C(=O)c2cc(Cl)cc(Cl)c2)CC1)c1ccsc1. The Morgan fingerprint density at radius 2 is 1.73 bits per heavy atom. The number of carbonyl (C=O) groups excluding carboxylic acids is 2. The van der Waals surface area contributed by atoms with Crippen molar-refractivity contribution in [3.8, 4) is 0 Å². The molecule has 2 heterocycles. The van der Waals surface area contributed by atoms with E-state index in [9.17, 15) is 9.59 Å². The van der Waals surface area contributed by atoms with Crippen molar-refractivity contribution in [2.45, 2.75) is 0 Å². The van der Waals surface area contributed by atoms with Gasteiger partial charge < -0.3 is 10.2 Å². The fourth-order valence-corrected chi connectivity index (χ4v) is 4.02. The third-order valence-corrected chi connectivity index (χ3v) is 5.39. The zero-order chi connectivity index (χ0) is 18.5. The van der Waals surface area contributed by atoms with Crippen LogP contribution in [0.3, 0.4) is 0 Å². The van der Waals surface area contributed by atoms with E-state index >= 15 is 0 Å². The monoisotopic (exact) mass is 411 g/mol. The van der Waals surface area contributed by atoms with Crippen LogP contribution in [0.1, 0.15) is 20.7 Å². The van der Waals surface area contributed by atoms with Crippen LogP contribution < -0.4 is 5.32 Å². The van der Waals surface area contributed by atoms with Crippen LogP contribution in [0.5, 0.6) is 0 Å². The molecule has 0 saturated carbocycles. The molecule has 1 aliphatic heterocycles. The highest BCUT2D eigenvalue weighted by Gasteiger charge is 2.22. The summed E-state index contributed by atoms with van der Waals surface area (Å²) in [5, 5.41) is 7.56. The highest BCUT2D eigenvalue weighted by molar-refractivity contribution is 7.08. The van der Waals surface area contributed by atoms with Gasteiger partial charge in [0.2, 0.25) is 0 Å². The summed E-state index contributed by atoms with van der Waals surface area (Å²) in [5.74, 6) is -0.0993. The molecule has 0 atom stereocenters. The second-order valence-corrected chi connectivity index (χ2v) is 7.71. The molecule has 0 bridgehead atoms. The van der Waals surface area contributed by atoms with Gasteiger partial charge in [-0.05, 0) is 29.6 Å². The molecule has 1 fully saturated rings. The van der Waals surface area contributed by atoms with Crippen molar-refractivity contribution in [3.05, 3.63) is 56.2 Å². The van der Waals surface area contributed by atoms with Gasteiger partial charge in [0.15, 0.2) is 0 Å². The van der Waals surface area contributed by atoms with E-state index in [0.29, 0.717) is 40.8 Å². The fourth-order valence-electron chi connectivity index (χ4n) is 2.86. The maximum Gasteiger partial charge on any atom is 0.254 e. The van der Waals surface area contributed by atoms with Crippen LogP contribution >= 0.6 is 34.5 Å². The number of nitrogens with one attached hydrogen (secondary N) is 1. The summed E-state index contributed by atoms with van der Waals surface area (Å²) in [6.07, 6.45) is 0. The molecule has 0 unspecified atom stereocenters. The van der Waals surface area contributed by atoms with E-state index < -0.39 is 0 Å². The predicted octanol–water partition coefficient (Wildman–Crippen LogP) is 3.24. The number of thiophene rings is 1. The normalized spacial score (nSPS) is 15.1. The largest absolute Gasteiger partial charge is 0.351 e. The van der Waals surface area contributed by atoms with Crippen molar-refractivity contribution in [3.63, 3.8) is 0 Å². The summed E-state index contributed by atoms with van der Waals surface area (Å²) >= 11 is 13.5. The number of nitrogens with zero attached hydrogens (tertiary/aromatic N) is 2. The Balaban J connectivity index is 1.44. The van der Waals surface area contributed by atoms with Crippen LogP contribution in [0.2, 0.25) is 10.0 Å². The number of benzene rings is 1. The zero-order valence-electron chi connectivity index (χ0n) is 14.1. The summed E-state index contributed by atoms with van der Waals surface area (Å²) in [5.41, 5.74) is 1.21. The van der Waals surface area contributed by atoms with Crippen LogP contribution in [0.15, 0.2) is 35.0 Å². The van der Waals surface area contributed by atoms with E-state index in [1.165, 1.54) is 11.3 Å². The van der Waals surface area contributed by atoms with Gasteiger partial charge >= 0.3 is 0 Å². The van der Waals surface area contributed by atoms with Crippen LogP contribution in [-0.4, -0.2) is 60.9 Å². The van der Waals surface area contributed by atoms with Crippen molar-refractivity contribution in [1.82, 2.24) is 15.1 Å². The second-order valence-electron chi connectivity index (χ2n) is 6.06. The first-order chi connectivity index (χ1) is 12.5. The van der Waals surface area contributed by atoms with Crippen molar-refractivity contribution in [2.24, 2.45) is 0 Å². The third-order valence-electron chi connectivity index (χ3n) is 4.27. The average molecular weight is 412 g/mol. The van der Waals surface area contributed by atoms with Gasteiger partial charge in [0.1, 0.15) is 0 Å². The van der Waals surface area contributed by atoms with Crippen molar-refractivity contribution in [1.29, 1.82) is 0 Å². The van der Waals surface area contributed by atoms with Crippen molar-refractivity contribution >= 4 is 46.4 Å². The summed E-state index contributed by atoms with van der Waals surface area (Å²) in [7, 11) is 0. The Bertz CT molecular complexity index is 754. The molecule has 5 nitrogen and oxygen atoms in total. The molecule has 1 aromatic carbocycles. The predicted molar refractivity (Wildman–Crippen MR) is 105 cm³/mol. The van der Waals surface area contributed by atoms with E-state index in [2.05, 4.69) is 10.2 Å². The standard InChI is InChI=1S/C18H19Cl2N3O2S/c19-15-9-14(10-16(20)11-15)18(25)23-6-4-22(5-7-23)3-2-21-17(24)13-1-8-26-12-13/h1,8-12H,2-7H2,(H,21,24). The van der Waals surface area contributed by atoms with Gasteiger partial charge in [-0.3, -0.25) is 14.5 Å². The maximum absolute atomic E-state index is 12.6. The lowest BCUT2D eigenvalue weighted by atomic mass is 10.2. The first kappa shape index (κ1) is 19.2. The molecule has 3 rings (SSSR count). The van der Waals surface area contributed by atoms with Crippen LogP contribution in [-0.2, 0) is 0 Å². The summed E-state index contributed by atoms with van der Waals surface area (Å²) in [6.45, 7) is 4.18. The fraction of sp³-hybridized carbons (Fsp3) is 0.333. The molecular formula is C18H19Cl2N3O2S. The molecule has 2 aromatic rings. The first-order valence-corrected chi connectivity index (χ1v) is 10.0. The average Bonchev–Trinajstić information content (AvgIpc) is 3.15. The van der Waals surface area contributed by atoms with E-state index in [4.69, 9.17) is 23.2 Å². The van der Waals surface area contributed by atoms with Crippen molar-refractivity contribution < 1.29 is 9.59 Å². The van der Waals surface area contributed by atoms with E-state index in [0.717, 1.165) is 19.6 Å². The smallest absolute Gasteiger partial charge is 0.254 e. The number of carbonyl (C=O) groups is 2. The highest BCUT2D eigenvalue weighted by Crippen LogP contribution is 2.20. The van der Waals surface area contributed by atoms with E-state index in [1.807, 2.05) is 21.7 Å². The Hall–Kier alpha value is -1.60. The Morgan fingerprint density at radius 1 is 1.04 bits per heavy atom. The molecule has 1 aromatic heterocycles. The topological polar surface area (TPSA) is 52.7 Å². The minimum atomic E-state index is -0.0557. The minimum absolute atomic E-state index is 0.0436. The second kappa shape index (κ2) is 8.86. The van der Waals surface area contributed by atoms with Gasteiger partial charge in [-0.15, -0.1) is 0 Å². The number of piperazine rings is 1. The Kier molecular flexibility index (Phi) is 6.53. The van der Waals surface area contributed by atoms with Gasteiger partial charge in [-0.25, -0.2) is 0 Å². The molecule has 1 N–H and O–H groups in total. The van der Waals surface area contributed by atoms with Crippen LogP contribution in [0.25, 0.3) is 0 Å². The minimum Gasteiger partial charge on any atom is -0.351 e. The lowest BCUT2D eigenvalue weighted by Gasteiger charge is -2.34. The number of amides is 2. The molecule has 138 valence electrons. The molecule has 2 amide bonds. The number of rotatable bonds is 5. The summed E-state index contributed by atoms with van der Waals surface area (Å²) in [4.78, 5) is 28.5. The van der Waals surface area contributed by atoms with E-state index in [-0.39, 0.29) is 11.8 Å². The molecule has 1 aliphatic rings. The number of halogens is 2. The molecular weight excluding hydrogens is 393 g/mol. The van der Waals surface area contributed by atoms with Gasteiger partial charge in [0, 0.05) is 65.8 Å². The van der Waals surface area contributed by atoms with E-state index in [1.54, 1.807) is 18.2 Å². The van der Waals surface area contributed by atoms with Crippen molar-refractivity contribution in [2.75, 3.05) is 39.3 Å². The third kappa shape index (κ3) is 4.98. The maximum atomic E-state index is 12.6. The molecule has 1 saturated heterocycles. The number of hydrogen-bond acceptors (Lipinski definition) is 4. The summed E-state index contributed by atoms with van der Waals surface area (Å²) in [6, 6.07) is 6.71. The quantitative estimate of drug-likeness (QED) is 0.821. The zero-order valence-corrected chi connectivity index (χ0v) is 16.4.